The third-order valence-corrected chi connectivity index (χ3v) is 1.23. The molecule has 0 unspecified atom stereocenters. The molecule has 0 N–H and O–H groups in total. The zero-order valence-electron chi connectivity index (χ0n) is 4.49. The van der Waals surface area contributed by atoms with Gasteiger partial charge in [-0.25, -0.2) is 12.1 Å². The minimum absolute atomic E-state index is 0.887. The molecule has 0 heterocycles. The van der Waals surface area contributed by atoms with Gasteiger partial charge in [0.05, 0.1) is 0 Å². The number of carbonyl (C=O) groups excluding carboxylic acids is 1. The third kappa shape index (κ3) is 8.15. The van der Waals surface area contributed by atoms with Crippen molar-refractivity contribution in [2.24, 2.45) is 0 Å². The summed E-state index contributed by atoms with van der Waals surface area (Å²) in [6, 6.07) is 10.0. The second kappa shape index (κ2) is 8.15. The smallest absolute Gasteiger partial charge is 0.172 e. The zero-order valence-corrected chi connectivity index (χ0v) is 7.63. The van der Waals surface area contributed by atoms with E-state index in [1.807, 2.05) is 50.8 Å². The quantitative estimate of drug-likeness (QED) is 0.402. The van der Waals surface area contributed by atoms with Crippen molar-refractivity contribution in [2.45, 2.75) is 0 Å². The normalized spacial score (nSPS) is 7.22. The Kier molecular flexibility index (Phi) is 8.29. The Bertz CT molecular complexity index is 148. The summed E-state index contributed by atoms with van der Waals surface area (Å²) in [6.07, 6.45) is 0. The van der Waals surface area contributed by atoms with E-state index in [9.17, 15) is 0 Å². The van der Waals surface area contributed by atoms with Crippen LogP contribution in [0.4, 0.5) is 0 Å². The van der Waals surface area contributed by atoms with Gasteiger partial charge in [0.2, 0.25) is 0 Å². The van der Waals surface area contributed by atoms with Crippen LogP contribution in [0.1, 0.15) is 0 Å². The van der Waals surface area contributed by atoms with Crippen molar-refractivity contribution in [2.75, 3.05) is 0 Å². The van der Waals surface area contributed by atoms with Crippen molar-refractivity contribution in [1.29, 1.82) is 0 Å². The van der Waals surface area contributed by atoms with Gasteiger partial charge in [0.15, 0.2) is 0 Å². The first-order chi connectivity index (χ1) is 4.41. The number of rotatable bonds is 0. The van der Waals surface area contributed by atoms with Crippen LogP contribution in [0.2, 0.25) is 0 Å². The molecule has 0 amide bonds. The molecular formula is C6H5INiO-. The summed E-state index contributed by atoms with van der Waals surface area (Å²) in [5.74, 6) is 0. The van der Waals surface area contributed by atoms with E-state index < -0.39 is 0 Å². The van der Waals surface area contributed by atoms with Gasteiger partial charge in [0, 0.05) is 0 Å². The Hall–Kier alpha value is 0.154. The largest absolute Gasteiger partial charge is 0.214 e. The second-order valence-electron chi connectivity index (χ2n) is 1.09. The van der Waals surface area contributed by atoms with Crippen molar-refractivity contribution < 1.29 is 15.6 Å². The number of hydrogen-bond acceptors (Lipinski definition) is 1. The Labute approximate surface area is 71.1 Å². The molecule has 9 heavy (non-hydrogen) atoms. The summed E-state index contributed by atoms with van der Waals surface area (Å²) in [5.41, 5.74) is 0. The van der Waals surface area contributed by atoms with E-state index in [4.69, 9.17) is 4.79 Å². The van der Waals surface area contributed by atoms with E-state index in [2.05, 4.69) is 0 Å². The summed E-state index contributed by atoms with van der Waals surface area (Å²) in [6.45, 7) is 0. The third-order valence-electron chi connectivity index (χ3n) is 0.580. The zero-order chi connectivity index (χ0) is 6.95. The van der Waals surface area contributed by atoms with Gasteiger partial charge in [-0.1, -0.05) is 0 Å². The molecule has 0 aliphatic carbocycles. The van der Waals surface area contributed by atoms with E-state index in [1.165, 1.54) is 0 Å². The Balaban J connectivity index is 0.000000148. The summed E-state index contributed by atoms with van der Waals surface area (Å²) in [7, 11) is 0.887. The predicted octanol–water partition coefficient (Wildman–Crippen LogP) is 1.89. The fraction of sp³-hybridized carbons (Fsp3) is 0. The summed E-state index contributed by atoms with van der Waals surface area (Å²) in [5, 5.41) is 0. The van der Waals surface area contributed by atoms with Gasteiger partial charge in [-0.05, 0) is 0 Å². The molecule has 1 aromatic carbocycles. The first-order valence-corrected chi connectivity index (χ1v) is 5.83. The van der Waals surface area contributed by atoms with Crippen LogP contribution in [0.15, 0.2) is 30.3 Å². The number of hydrogen-bond donors (Lipinski definition) is 0. The summed E-state index contributed by atoms with van der Waals surface area (Å²) in [4.78, 5) is 10.6. The summed E-state index contributed by atoms with van der Waals surface area (Å²) >= 11 is 1.87. The monoisotopic (exact) mass is 278 g/mol. The SMILES string of the molecule is O=[C]=[Ni][I].c1cc[cH-]c1. The molecule has 1 aromatic rings. The fourth-order valence-corrected chi connectivity index (χ4v) is 0.321. The molecule has 1 nitrogen and oxygen atoms in total. The molecule has 0 aromatic heterocycles. The van der Waals surface area contributed by atoms with Crippen LogP contribution in [0.5, 0.6) is 0 Å². The number of halogens is 1. The van der Waals surface area contributed by atoms with Crippen LogP contribution in [-0.4, -0.2) is 4.86 Å². The topological polar surface area (TPSA) is 17.1 Å². The van der Waals surface area contributed by atoms with E-state index in [-0.39, 0.29) is 0 Å². The minimum Gasteiger partial charge on any atom is -0.214 e. The first kappa shape index (κ1) is 9.15. The van der Waals surface area contributed by atoms with E-state index >= 15 is 0 Å². The van der Waals surface area contributed by atoms with Gasteiger partial charge in [0.1, 0.15) is 0 Å². The average Bonchev–Trinajstić information content (AvgIpc) is 2.43. The molecule has 0 spiro atoms. The maximum Gasteiger partial charge on any atom is -0.172 e. The molecule has 0 bridgehead atoms. The van der Waals surface area contributed by atoms with Gasteiger partial charge in [0.25, 0.3) is 0 Å². The maximum absolute atomic E-state index is 9.01. The van der Waals surface area contributed by atoms with Crippen LogP contribution < -0.4 is 0 Å². The molecule has 0 fully saturated rings. The van der Waals surface area contributed by atoms with E-state index in [0.29, 0.717) is 0 Å². The molecule has 0 saturated heterocycles. The van der Waals surface area contributed by atoms with Gasteiger partial charge >= 0.3 is 41.0 Å². The van der Waals surface area contributed by atoms with Crippen LogP contribution in [-0.2, 0) is 15.6 Å². The summed E-state index contributed by atoms with van der Waals surface area (Å²) < 4.78 is 0. The Morgan fingerprint density at radius 2 is 1.89 bits per heavy atom. The maximum atomic E-state index is 9.01. The van der Waals surface area contributed by atoms with Gasteiger partial charge in [-0.3, -0.25) is 0 Å². The molecule has 3 heteroatoms. The molecule has 0 aliphatic rings. The second-order valence-corrected chi connectivity index (χ2v) is 2.88. The molecule has 0 radical (unpaired) electrons. The van der Waals surface area contributed by atoms with Crippen LogP contribution in [0.25, 0.3) is 0 Å². The average molecular weight is 279 g/mol. The molecule has 0 atom stereocenters. The Morgan fingerprint density at radius 1 is 1.44 bits per heavy atom. The standard InChI is InChI=1S/C5H5.CO.HI.Ni/c1-2-4-5-3-1;1-2;;/h1-5H;;1H;/q-1;;;+1/p-1. The van der Waals surface area contributed by atoms with Crippen molar-refractivity contribution in [1.82, 2.24) is 0 Å². The Morgan fingerprint density at radius 3 is 2.00 bits per heavy atom. The van der Waals surface area contributed by atoms with E-state index in [1.54, 1.807) is 4.86 Å². The van der Waals surface area contributed by atoms with Crippen LogP contribution in [0, 0.1) is 0 Å². The fourth-order valence-electron chi connectivity index (χ4n) is 0.321. The molecule has 1 rings (SSSR count). The van der Waals surface area contributed by atoms with Crippen molar-refractivity contribution in [3.8, 4) is 0 Å². The van der Waals surface area contributed by atoms with Gasteiger partial charge in [-0.15, -0.1) is 0 Å². The van der Waals surface area contributed by atoms with Crippen molar-refractivity contribution >= 4 is 25.3 Å². The molecule has 0 saturated carbocycles. The van der Waals surface area contributed by atoms with Gasteiger partial charge in [-0.2, -0.15) is 18.2 Å². The van der Waals surface area contributed by atoms with Crippen LogP contribution in [0.3, 0.4) is 0 Å². The minimum atomic E-state index is 0.887. The van der Waals surface area contributed by atoms with Crippen molar-refractivity contribution in [3.63, 3.8) is 0 Å². The van der Waals surface area contributed by atoms with Crippen molar-refractivity contribution in [3.05, 3.63) is 30.3 Å². The van der Waals surface area contributed by atoms with E-state index in [0.717, 1.165) is 10.8 Å². The first-order valence-electron chi connectivity index (χ1n) is 2.15. The van der Waals surface area contributed by atoms with Gasteiger partial charge < -0.3 is 0 Å². The molecular weight excluding hydrogens is 274 g/mol. The van der Waals surface area contributed by atoms with Crippen LogP contribution >= 0.6 is 20.5 Å². The molecule has 53 valence electrons. The predicted molar refractivity (Wildman–Crippen MR) is 41.7 cm³/mol. The molecule has 0 aliphatic heterocycles.